The van der Waals surface area contributed by atoms with Crippen molar-refractivity contribution in [2.75, 3.05) is 13.2 Å². The van der Waals surface area contributed by atoms with Gasteiger partial charge in [-0.2, -0.15) is 0 Å². The smallest absolute Gasteiger partial charge is 0.303 e. The van der Waals surface area contributed by atoms with Gasteiger partial charge >= 0.3 is 5.97 Å². The molecule has 1 aliphatic carbocycles. The van der Waals surface area contributed by atoms with E-state index in [2.05, 4.69) is 5.32 Å². The highest BCUT2D eigenvalue weighted by atomic mass is 16.6. The Balaban J connectivity index is 1.51. The number of amides is 1. The lowest BCUT2D eigenvalue weighted by molar-refractivity contribution is -0.141. The molecule has 1 aromatic carbocycles. The van der Waals surface area contributed by atoms with E-state index in [1.54, 1.807) is 0 Å². The van der Waals surface area contributed by atoms with Crippen LogP contribution in [-0.2, 0) is 9.59 Å². The number of fused-ring (bicyclic) bond motifs is 1. The van der Waals surface area contributed by atoms with E-state index >= 15 is 0 Å². The number of hydrogen-bond acceptors (Lipinski definition) is 4. The van der Waals surface area contributed by atoms with E-state index in [9.17, 15) is 14.7 Å². The monoisotopic (exact) mass is 347 g/mol. The number of rotatable bonds is 6. The third kappa shape index (κ3) is 4.65. The molecule has 1 aromatic rings. The van der Waals surface area contributed by atoms with Crippen LogP contribution >= 0.6 is 0 Å². The standard InChI is InChI=1S/C19H25NO5/c21-17(10-19(11-18(22)23)8-4-1-5-9-19)20-12-14-13-24-15-6-2-3-7-16(15)25-14/h2-3,6-7,14H,1,4-5,8-13H2,(H,20,21)(H,22,23)/t14-/m0/s1. The summed E-state index contributed by atoms with van der Waals surface area (Å²) in [5, 5.41) is 12.1. The molecule has 0 saturated heterocycles. The number of carbonyl (C=O) groups excluding carboxylic acids is 1. The van der Waals surface area contributed by atoms with Crippen LogP contribution in [0.4, 0.5) is 0 Å². The molecule has 0 bridgehead atoms. The molecule has 1 saturated carbocycles. The van der Waals surface area contributed by atoms with Gasteiger partial charge in [0.25, 0.3) is 0 Å². The van der Waals surface area contributed by atoms with Crippen molar-refractivity contribution in [3.05, 3.63) is 24.3 Å². The van der Waals surface area contributed by atoms with E-state index in [1.165, 1.54) is 0 Å². The highest BCUT2D eigenvalue weighted by Gasteiger charge is 2.36. The van der Waals surface area contributed by atoms with Crippen LogP contribution in [-0.4, -0.2) is 36.2 Å². The van der Waals surface area contributed by atoms with Crippen molar-refractivity contribution in [1.82, 2.24) is 5.32 Å². The van der Waals surface area contributed by atoms with Gasteiger partial charge in [0.15, 0.2) is 11.5 Å². The van der Waals surface area contributed by atoms with Crippen LogP contribution in [0, 0.1) is 5.41 Å². The van der Waals surface area contributed by atoms with Crippen molar-refractivity contribution in [2.45, 2.75) is 51.0 Å². The van der Waals surface area contributed by atoms with Crippen LogP contribution in [0.1, 0.15) is 44.9 Å². The zero-order valence-corrected chi connectivity index (χ0v) is 14.3. The molecule has 0 unspecified atom stereocenters. The summed E-state index contributed by atoms with van der Waals surface area (Å²) in [7, 11) is 0. The molecule has 1 heterocycles. The summed E-state index contributed by atoms with van der Waals surface area (Å²) in [5.74, 6) is 0.469. The predicted molar refractivity (Wildman–Crippen MR) is 91.8 cm³/mol. The zero-order chi connectivity index (χ0) is 17.7. The van der Waals surface area contributed by atoms with Crippen LogP contribution in [0.3, 0.4) is 0 Å². The molecule has 136 valence electrons. The molecule has 25 heavy (non-hydrogen) atoms. The normalized spacial score (nSPS) is 21.4. The minimum absolute atomic E-state index is 0.0663. The number of ether oxygens (including phenoxy) is 2. The predicted octanol–water partition coefficient (Wildman–Crippen LogP) is 2.76. The Kier molecular flexibility index (Phi) is 5.46. The quantitative estimate of drug-likeness (QED) is 0.826. The lowest BCUT2D eigenvalue weighted by Gasteiger charge is -2.35. The topological polar surface area (TPSA) is 84.9 Å². The summed E-state index contributed by atoms with van der Waals surface area (Å²) < 4.78 is 11.5. The average molecular weight is 347 g/mol. The van der Waals surface area contributed by atoms with Crippen molar-refractivity contribution in [2.24, 2.45) is 5.41 Å². The van der Waals surface area contributed by atoms with Crippen molar-refractivity contribution < 1.29 is 24.2 Å². The molecule has 2 N–H and O–H groups in total. The number of carboxylic acid groups (broad SMARTS) is 1. The van der Waals surface area contributed by atoms with Crippen molar-refractivity contribution in [3.63, 3.8) is 0 Å². The second kappa shape index (κ2) is 7.76. The first-order chi connectivity index (χ1) is 12.1. The maximum atomic E-state index is 12.4. The molecule has 3 rings (SSSR count). The fourth-order valence-electron chi connectivity index (χ4n) is 3.83. The molecule has 6 nitrogen and oxygen atoms in total. The van der Waals surface area contributed by atoms with Gasteiger partial charge in [-0.25, -0.2) is 0 Å². The number of carboxylic acids is 1. The summed E-state index contributed by atoms with van der Waals surface area (Å²) >= 11 is 0. The molecule has 1 atom stereocenters. The highest BCUT2D eigenvalue weighted by molar-refractivity contribution is 5.78. The number of para-hydroxylation sites is 2. The summed E-state index contributed by atoms with van der Waals surface area (Å²) in [6.07, 6.45) is 4.83. The van der Waals surface area contributed by atoms with E-state index in [4.69, 9.17) is 9.47 Å². The lowest BCUT2D eigenvalue weighted by atomic mass is 9.69. The Morgan fingerprint density at radius 1 is 1.12 bits per heavy atom. The second-order valence-electron chi connectivity index (χ2n) is 7.11. The van der Waals surface area contributed by atoms with E-state index in [0.29, 0.717) is 24.7 Å². The summed E-state index contributed by atoms with van der Waals surface area (Å²) in [6, 6.07) is 7.45. The van der Waals surface area contributed by atoms with Gasteiger partial charge < -0.3 is 19.9 Å². The van der Waals surface area contributed by atoms with Gasteiger partial charge in [-0.3, -0.25) is 9.59 Å². The average Bonchev–Trinajstić information content (AvgIpc) is 2.60. The first-order valence-corrected chi connectivity index (χ1v) is 8.93. The summed E-state index contributed by atoms with van der Waals surface area (Å²) in [5.41, 5.74) is -0.398. The fourth-order valence-corrected chi connectivity index (χ4v) is 3.83. The molecule has 0 spiro atoms. The van der Waals surface area contributed by atoms with E-state index in [1.807, 2.05) is 24.3 Å². The Bertz CT molecular complexity index is 624. The number of nitrogens with one attached hydrogen (secondary N) is 1. The van der Waals surface area contributed by atoms with Gasteiger partial charge in [0.1, 0.15) is 12.7 Å². The Labute approximate surface area is 147 Å². The van der Waals surface area contributed by atoms with Gasteiger partial charge in [-0.05, 0) is 30.4 Å². The zero-order valence-electron chi connectivity index (χ0n) is 14.3. The fraction of sp³-hybridized carbons (Fsp3) is 0.579. The maximum Gasteiger partial charge on any atom is 0.303 e. The molecule has 0 radical (unpaired) electrons. The third-order valence-electron chi connectivity index (χ3n) is 5.07. The first kappa shape index (κ1) is 17.6. The maximum absolute atomic E-state index is 12.4. The molecular weight excluding hydrogens is 322 g/mol. The van der Waals surface area contributed by atoms with Crippen LogP contribution in [0.5, 0.6) is 11.5 Å². The summed E-state index contributed by atoms with van der Waals surface area (Å²) in [6.45, 7) is 0.744. The number of carbonyl (C=O) groups is 2. The van der Waals surface area contributed by atoms with Crippen LogP contribution in [0.15, 0.2) is 24.3 Å². The van der Waals surface area contributed by atoms with Gasteiger partial charge in [0, 0.05) is 6.42 Å². The first-order valence-electron chi connectivity index (χ1n) is 8.93. The lowest BCUT2D eigenvalue weighted by Crippen LogP contribution is -2.42. The highest BCUT2D eigenvalue weighted by Crippen LogP contribution is 2.42. The Hall–Kier alpha value is -2.24. The third-order valence-corrected chi connectivity index (χ3v) is 5.07. The minimum Gasteiger partial charge on any atom is -0.486 e. The minimum atomic E-state index is -0.824. The largest absolute Gasteiger partial charge is 0.486 e. The number of aliphatic carboxylic acids is 1. The molecular formula is C19H25NO5. The van der Waals surface area contributed by atoms with Crippen LogP contribution in [0.25, 0.3) is 0 Å². The molecule has 0 aromatic heterocycles. The van der Waals surface area contributed by atoms with E-state index < -0.39 is 11.4 Å². The van der Waals surface area contributed by atoms with Crippen molar-refractivity contribution >= 4 is 11.9 Å². The Morgan fingerprint density at radius 2 is 1.84 bits per heavy atom. The van der Waals surface area contributed by atoms with Crippen molar-refractivity contribution in [1.29, 1.82) is 0 Å². The van der Waals surface area contributed by atoms with Gasteiger partial charge in [0.05, 0.1) is 13.0 Å². The molecule has 6 heteroatoms. The van der Waals surface area contributed by atoms with Crippen LogP contribution in [0.2, 0.25) is 0 Å². The van der Waals surface area contributed by atoms with Crippen LogP contribution < -0.4 is 14.8 Å². The van der Waals surface area contributed by atoms with E-state index in [-0.39, 0.29) is 24.9 Å². The SMILES string of the molecule is O=C(O)CC1(CC(=O)NC[C@H]2COc3ccccc3O2)CCCCC1. The molecule has 1 amide bonds. The second-order valence-corrected chi connectivity index (χ2v) is 7.11. The number of hydrogen-bond donors (Lipinski definition) is 2. The molecule has 1 fully saturated rings. The Morgan fingerprint density at radius 3 is 2.56 bits per heavy atom. The van der Waals surface area contributed by atoms with E-state index in [0.717, 1.165) is 32.1 Å². The van der Waals surface area contributed by atoms with Crippen molar-refractivity contribution in [3.8, 4) is 11.5 Å². The van der Waals surface area contributed by atoms with Gasteiger partial charge in [-0.15, -0.1) is 0 Å². The van der Waals surface area contributed by atoms with Gasteiger partial charge in [0.2, 0.25) is 5.91 Å². The molecule has 1 aliphatic heterocycles. The summed E-state index contributed by atoms with van der Waals surface area (Å²) in [4.78, 5) is 23.6. The molecule has 2 aliphatic rings. The number of benzene rings is 1. The van der Waals surface area contributed by atoms with Gasteiger partial charge in [-0.1, -0.05) is 31.4 Å².